The molecule has 3 nitrogen and oxygen atoms in total. The quantitative estimate of drug-likeness (QED) is 0.811. The summed E-state index contributed by atoms with van der Waals surface area (Å²) < 4.78 is 5.78. The fourth-order valence-corrected chi connectivity index (χ4v) is 2.16. The number of ether oxygens (including phenoxy) is 1. The molecule has 0 radical (unpaired) electrons. The summed E-state index contributed by atoms with van der Waals surface area (Å²) in [6.45, 7) is 4.39. The van der Waals surface area contributed by atoms with Crippen LogP contribution < -0.4 is 10.1 Å². The van der Waals surface area contributed by atoms with Crippen molar-refractivity contribution in [3.8, 4) is 5.75 Å². The van der Waals surface area contributed by atoms with E-state index in [1.807, 2.05) is 24.3 Å². The van der Waals surface area contributed by atoms with Gasteiger partial charge in [-0.1, -0.05) is 12.1 Å². The number of carbonyl (C=O) groups is 1. The highest BCUT2D eigenvalue weighted by atomic mass is 16.5. The van der Waals surface area contributed by atoms with Crippen molar-refractivity contribution in [3.05, 3.63) is 29.8 Å². The van der Waals surface area contributed by atoms with E-state index in [9.17, 15) is 4.79 Å². The summed E-state index contributed by atoms with van der Waals surface area (Å²) >= 11 is 0. The van der Waals surface area contributed by atoms with Gasteiger partial charge in [0.25, 0.3) is 0 Å². The molecule has 0 aromatic heterocycles. The van der Waals surface area contributed by atoms with Crippen molar-refractivity contribution in [2.45, 2.75) is 19.8 Å². The van der Waals surface area contributed by atoms with Gasteiger partial charge in [-0.3, -0.25) is 4.79 Å². The predicted molar refractivity (Wildman–Crippen MR) is 67.5 cm³/mol. The van der Waals surface area contributed by atoms with E-state index in [4.69, 9.17) is 4.74 Å². The summed E-state index contributed by atoms with van der Waals surface area (Å²) in [5, 5.41) is 3.36. The summed E-state index contributed by atoms with van der Waals surface area (Å²) in [6.07, 6.45) is 2.41. The molecule has 1 atom stereocenters. The number of piperidine rings is 1. The van der Waals surface area contributed by atoms with Crippen molar-refractivity contribution in [3.63, 3.8) is 0 Å². The van der Waals surface area contributed by atoms with E-state index in [-0.39, 0.29) is 5.78 Å². The van der Waals surface area contributed by atoms with Crippen LogP contribution in [0.3, 0.4) is 0 Å². The van der Waals surface area contributed by atoms with Crippen LogP contribution in [-0.4, -0.2) is 25.5 Å². The number of nitrogens with one attached hydrogen (secondary N) is 1. The molecular formula is C14H19NO2. The van der Waals surface area contributed by atoms with Crippen LogP contribution in [0.25, 0.3) is 0 Å². The Morgan fingerprint density at radius 2 is 2.29 bits per heavy atom. The van der Waals surface area contributed by atoms with E-state index in [1.165, 1.54) is 12.8 Å². The third-order valence-corrected chi connectivity index (χ3v) is 3.14. The van der Waals surface area contributed by atoms with Crippen molar-refractivity contribution >= 4 is 5.78 Å². The number of para-hydroxylation sites is 1. The van der Waals surface area contributed by atoms with Gasteiger partial charge in [0.15, 0.2) is 5.78 Å². The second-order valence-corrected chi connectivity index (χ2v) is 4.58. The van der Waals surface area contributed by atoms with Gasteiger partial charge in [0.1, 0.15) is 5.75 Å². The Morgan fingerprint density at radius 1 is 1.47 bits per heavy atom. The first-order chi connectivity index (χ1) is 8.27. The molecule has 1 heterocycles. The standard InChI is InChI=1S/C14H19NO2/c1-11(16)13-6-2-3-7-14(13)17-10-12-5-4-8-15-9-12/h2-3,6-7,12,15H,4-5,8-10H2,1H3/t12-/m1/s1. The van der Waals surface area contributed by atoms with Gasteiger partial charge in [-0.15, -0.1) is 0 Å². The van der Waals surface area contributed by atoms with Crippen LogP contribution in [0.4, 0.5) is 0 Å². The highest BCUT2D eigenvalue weighted by Crippen LogP contribution is 2.20. The Morgan fingerprint density at radius 3 is 3.00 bits per heavy atom. The number of rotatable bonds is 4. The largest absolute Gasteiger partial charge is 0.492 e. The molecule has 0 aliphatic carbocycles. The lowest BCUT2D eigenvalue weighted by Crippen LogP contribution is -2.33. The van der Waals surface area contributed by atoms with Gasteiger partial charge in [0.05, 0.1) is 12.2 Å². The number of carbonyl (C=O) groups excluding carboxylic acids is 1. The zero-order valence-corrected chi connectivity index (χ0v) is 10.2. The second kappa shape index (κ2) is 5.82. The van der Waals surface area contributed by atoms with Gasteiger partial charge < -0.3 is 10.1 Å². The van der Waals surface area contributed by atoms with E-state index >= 15 is 0 Å². The van der Waals surface area contributed by atoms with E-state index in [2.05, 4.69) is 5.32 Å². The monoisotopic (exact) mass is 233 g/mol. The smallest absolute Gasteiger partial charge is 0.163 e. The first kappa shape index (κ1) is 12.1. The van der Waals surface area contributed by atoms with E-state index in [1.54, 1.807) is 6.92 Å². The molecule has 1 fully saturated rings. The SMILES string of the molecule is CC(=O)c1ccccc1OC[C@@H]1CCCNC1. The van der Waals surface area contributed by atoms with Crippen LogP contribution >= 0.6 is 0 Å². The molecule has 0 amide bonds. The molecule has 0 saturated carbocycles. The fourth-order valence-electron chi connectivity index (χ4n) is 2.16. The van der Waals surface area contributed by atoms with E-state index in [0.29, 0.717) is 23.8 Å². The van der Waals surface area contributed by atoms with Crippen LogP contribution in [-0.2, 0) is 0 Å². The maximum Gasteiger partial charge on any atom is 0.163 e. The van der Waals surface area contributed by atoms with Crippen LogP contribution in [0.5, 0.6) is 5.75 Å². The highest BCUT2D eigenvalue weighted by molar-refractivity contribution is 5.96. The fraction of sp³-hybridized carbons (Fsp3) is 0.500. The lowest BCUT2D eigenvalue weighted by atomic mass is 10.0. The highest BCUT2D eigenvalue weighted by Gasteiger charge is 2.15. The third kappa shape index (κ3) is 3.30. The Labute approximate surface area is 102 Å². The summed E-state index contributed by atoms with van der Waals surface area (Å²) in [6, 6.07) is 7.45. The van der Waals surface area contributed by atoms with E-state index in [0.717, 1.165) is 13.1 Å². The lowest BCUT2D eigenvalue weighted by Gasteiger charge is -2.23. The molecule has 2 rings (SSSR count). The minimum absolute atomic E-state index is 0.0577. The number of benzene rings is 1. The Balaban J connectivity index is 1.96. The average molecular weight is 233 g/mol. The first-order valence-electron chi connectivity index (χ1n) is 6.21. The number of hydrogen-bond acceptors (Lipinski definition) is 3. The molecule has 1 aliphatic heterocycles. The Kier molecular flexibility index (Phi) is 4.15. The molecule has 0 unspecified atom stereocenters. The van der Waals surface area contributed by atoms with Crippen molar-refractivity contribution in [2.75, 3.05) is 19.7 Å². The topological polar surface area (TPSA) is 38.3 Å². The Bertz CT molecular complexity index is 384. The molecule has 1 aliphatic rings. The van der Waals surface area contributed by atoms with Crippen molar-refractivity contribution < 1.29 is 9.53 Å². The van der Waals surface area contributed by atoms with Crippen LogP contribution in [0, 0.1) is 5.92 Å². The minimum atomic E-state index is 0.0577. The Hall–Kier alpha value is -1.35. The van der Waals surface area contributed by atoms with Gasteiger partial charge in [-0.25, -0.2) is 0 Å². The molecule has 1 saturated heterocycles. The average Bonchev–Trinajstić information content (AvgIpc) is 2.38. The van der Waals surface area contributed by atoms with Crippen LogP contribution in [0.2, 0.25) is 0 Å². The third-order valence-electron chi connectivity index (χ3n) is 3.14. The zero-order chi connectivity index (χ0) is 12.1. The molecular weight excluding hydrogens is 214 g/mol. The zero-order valence-electron chi connectivity index (χ0n) is 10.2. The molecule has 1 aromatic rings. The summed E-state index contributed by atoms with van der Waals surface area (Å²) in [7, 11) is 0. The summed E-state index contributed by atoms with van der Waals surface area (Å²) in [5.74, 6) is 1.33. The molecule has 92 valence electrons. The maximum absolute atomic E-state index is 11.4. The normalized spacial score (nSPS) is 19.9. The maximum atomic E-state index is 11.4. The van der Waals surface area contributed by atoms with Gasteiger partial charge in [0, 0.05) is 12.5 Å². The first-order valence-corrected chi connectivity index (χ1v) is 6.21. The van der Waals surface area contributed by atoms with Crippen molar-refractivity contribution in [2.24, 2.45) is 5.92 Å². The van der Waals surface area contributed by atoms with Gasteiger partial charge in [-0.2, -0.15) is 0 Å². The molecule has 17 heavy (non-hydrogen) atoms. The summed E-state index contributed by atoms with van der Waals surface area (Å²) in [4.78, 5) is 11.4. The number of ketones is 1. The van der Waals surface area contributed by atoms with Gasteiger partial charge in [0.2, 0.25) is 0 Å². The lowest BCUT2D eigenvalue weighted by molar-refractivity contribution is 0.101. The predicted octanol–water partition coefficient (Wildman–Crippen LogP) is 2.27. The summed E-state index contributed by atoms with van der Waals surface area (Å²) in [5.41, 5.74) is 0.677. The van der Waals surface area contributed by atoms with E-state index < -0.39 is 0 Å². The van der Waals surface area contributed by atoms with Crippen LogP contribution in [0.15, 0.2) is 24.3 Å². The number of Topliss-reactive ketones (excluding diaryl/α,β-unsaturated/α-hetero) is 1. The van der Waals surface area contributed by atoms with Crippen molar-refractivity contribution in [1.82, 2.24) is 5.32 Å². The molecule has 3 heteroatoms. The molecule has 0 spiro atoms. The second-order valence-electron chi connectivity index (χ2n) is 4.58. The van der Waals surface area contributed by atoms with Crippen LogP contribution in [0.1, 0.15) is 30.1 Å². The van der Waals surface area contributed by atoms with Crippen molar-refractivity contribution in [1.29, 1.82) is 0 Å². The number of hydrogen-bond donors (Lipinski definition) is 1. The van der Waals surface area contributed by atoms with Gasteiger partial charge >= 0.3 is 0 Å². The van der Waals surface area contributed by atoms with Gasteiger partial charge in [-0.05, 0) is 38.4 Å². The molecule has 0 bridgehead atoms. The molecule has 1 N–H and O–H groups in total. The minimum Gasteiger partial charge on any atom is -0.492 e. The molecule has 1 aromatic carbocycles.